The van der Waals surface area contributed by atoms with Gasteiger partial charge in [-0.05, 0) is 38.1 Å². The van der Waals surface area contributed by atoms with Gasteiger partial charge in [0.15, 0.2) is 0 Å². The van der Waals surface area contributed by atoms with E-state index in [9.17, 15) is 18.0 Å². The van der Waals surface area contributed by atoms with Crippen molar-refractivity contribution in [2.75, 3.05) is 5.32 Å². The lowest BCUT2D eigenvalue weighted by atomic mass is 10.2. The summed E-state index contributed by atoms with van der Waals surface area (Å²) >= 11 is 0. The molecule has 0 unspecified atom stereocenters. The molecule has 0 aliphatic carbocycles. The molecular weight excluding hydrogens is 330 g/mol. The van der Waals surface area contributed by atoms with Crippen molar-refractivity contribution in [1.82, 2.24) is 9.29 Å². The Morgan fingerprint density at radius 2 is 1.88 bits per heavy atom. The van der Waals surface area contributed by atoms with Crippen LogP contribution in [-0.4, -0.2) is 35.6 Å². The lowest BCUT2D eigenvalue weighted by Crippen LogP contribution is -2.45. The molecule has 24 heavy (non-hydrogen) atoms. The first-order valence-corrected chi connectivity index (χ1v) is 8.68. The van der Waals surface area contributed by atoms with Gasteiger partial charge in [-0.3, -0.25) is 9.59 Å². The first kappa shape index (κ1) is 16.1. The number of anilines is 1. The van der Waals surface area contributed by atoms with Crippen LogP contribution in [0.25, 0.3) is 0 Å². The van der Waals surface area contributed by atoms with Crippen molar-refractivity contribution in [2.24, 2.45) is 0 Å². The van der Waals surface area contributed by atoms with Crippen molar-refractivity contribution in [3.63, 3.8) is 0 Å². The number of nitrogens with one attached hydrogen (secondary N) is 1. The molecule has 0 radical (unpaired) electrons. The molecule has 3 rings (SSSR count). The number of carbonyl (C=O) groups excluding carboxylic acids is 2. The van der Waals surface area contributed by atoms with Crippen molar-refractivity contribution in [3.05, 3.63) is 53.7 Å². The fraction of sp³-hybridized carbons (Fsp3) is 0.188. The number of nitrogens with zero attached hydrogens (tertiary/aromatic N) is 2. The standard InChI is InChI=1S/C16H15N3O4S/c1-10-6-5-9-14(17-10)18-15(20)11(2)19-16(21)12-7-3-4-8-13(12)24(19,22)23/h3-9,11H,1-2H3,(H,17,18,20)/t11-/m1/s1. The normalized spacial score (nSPS) is 16.6. The lowest BCUT2D eigenvalue weighted by Gasteiger charge is -2.22. The summed E-state index contributed by atoms with van der Waals surface area (Å²) < 4.78 is 25.7. The number of pyridine rings is 1. The summed E-state index contributed by atoms with van der Waals surface area (Å²) in [6, 6.07) is 9.79. The second-order valence-corrected chi connectivity index (χ2v) is 7.21. The molecule has 2 aromatic rings. The van der Waals surface area contributed by atoms with E-state index in [0.717, 1.165) is 0 Å². The van der Waals surface area contributed by atoms with Gasteiger partial charge >= 0.3 is 0 Å². The van der Waals surface area contributed by atoms with E-state index in [1.54, 1.807) is 31.2 Å². The van der Waals surface area contributed by atoms with Crippen molar-refractivity contribution >= 4 is 27.7 Å². The molecule has 0 spiro atoms. The number of rotatable bonds is 3. The highest BCUT2D eigenvalue weighted by Gasteiger charge is 2.45. The van der Waals surface area contributed by atoms with Crippen LogP contribution < -0.4 is 5.32 Å². The van der Waals surface area contributed by atoms with Crippen LogP contribution in [-0.2, 0) is 14.8 Å². The molecule has 1 atom stereocenters. The summed E-state index contributed by atoms with van der Waals surface area (Å²) in [5, 5.41) is 2.54. The molecule has 7 nitrogen and oxygen atoms in total. The van der Waals surface area contributed by atoms with Gasteiger partial charge in [-0.2, -0.15) is 0 Å². The van der Waals surface area contributed by atoms with E-state index < -0.39 is 27.9 Å². The number of aromatic nitrogens is 1. The number of hydrogen-bond donors (Lipinski definition) is 1. The molecule has 0 saturated heterocycles. The predicted molar refractivity (Wildman–Crippen MR) is 86.9 cm³/mol. The van der Waals surface area contributed by atoms with Crippen LogP contribution in [0.2, 0.25) is 0 Å². The quantitative estimate of drug-likeness (QED) is 0.911. The van der Waals surface area contributed by atoms with Gasteiger partial charge in [0.25, 0.3) is 15.9 Å². The van der Waals surface area contributed by atoms with Crippen LogP contribution in [0.3, 0.4) is 0 Å². The van der Waals surface area contributed by atoms with E-state index in [1.807, 2.05) is 0 Å². The fourth-order valence-corrected chi connectivity index (χ4v) is 4.26. The van der Waals surface area contributed by atoms with Crippen LogP contribution in [0.15, 0.2) is 47.4 Å². The van der Waals surface area contributed by atoms with Crippen LogP contribution >= 0.6 is 0 Å². The molecular formula is C16H15N3O4S. The highest BCUT2D eigenvalue weighted by molar-refractivity contribution is 7.90. The molecule has 0 fully saturated rings. The Kier molecular flexibility index (Phi) is 3.84. The summed E-state index contributed by atoms with van der Waals surface area (Å²) in [4.78, 5) is 28.9. The van der Waals surface area contributed by atoms with Gasteiger partial charge in [-0.1, -0.05) is 18.2 Å². The minimum Gasteiger partial charge on any atom is -0.309 e. The van der Waals surface area contributed by atoms with Crippen LogP contribution in [0, 0.1) is 6.92 Å². The topological polar surface area (TPSA) is 96.4 Å². The molecule has 8 heteroatoms. The van der Waals surface area contributed by atoms with Gasteiger partial charge in [-0.15, -0.1) is 0 Å². The van der Waals surface area contributed by atoms with Gasteiger partial charge in [0.05, 0.1) is 5.56 Å². The Bertz CT molecular complexity index is 940. The lowest BCUT2D eigenvalue weighted by molar-refractivity contribution is -0.118. The predicted octanol–water partition coefficient (Wildman–Crippen LogP) is 1.56. The molecule has 1 N–H and O–H groups in total. The molecule has 0 bridgehead atoms. The SMILES string of the molecule is Cc1cccc(NC(=O)[C@@H](C)N2C(=O)c3ccccc3S2(=O)=O)n1. The Morgan fingerprint density at radius 3 is 2.54 bits per heavy atom. The first-order chi connectivity index (χ1) is 11.3. The molecule has 1 aliphatic heterocycles. The maximum absolute atomic E-state index is 12.6. The van der Waals surface area contributed by atoms with E-state index in [-0.39, 0.29) is 10.5 Å². The fourth-order valence-electron chi connectivity index (χ4n) is 2.54. The van der Waals surface area contributed by atoms with Gasteiger partial charge in [0, 0.05) is 5.69 Å². The number of aryl methyl sites for hydroxylation is 1. The van der Waals surface area contributed by atoms with Gasteiger partial charge < -0.3 is 5.32 Å². The van der Waals surface area contributed by atoms with Crippen LogP contribution in [0.5, 0.6) is 0 Å². The second-order valence-electron chi connectivity index (χ2n) is 5.43. The maximum Gasteiger partial charge on any atom is 0.269 e. The minimum absolute atomic E-state index is 0.0748. The zero-order valence-corrected chi connectivity index (χ0v) is 13.9. The smallest absolute Gasteiger partial charge is 0.269 e. The van der Waals surface area contributed by atoms with Crippen LogP contribution in [0.4, 0.5) is 5.82 Å². The largest absolute Gasteiger partial charge is 0.309 e. The van der Waals surface area contributed by atoms with Crippen LogP contribution in [0.1, 0.15) is 23.0 Å². The van der Waals surface area contributed by atoms with Gasteiger partial charge in [0.1, 0.15) is 16.8 Å². The Morgan fingerprint density at radius 1 is 1.17 bits per heavy atom. The van der Waals surface area contributed by atoms with Gasteiger partial charge in [-0.25, -0.2) is 17.7 Å². The number of benzene rings is 1. The van der Waals surface area contributed by atoms with Gasteiger partial charge in [0.2, 0.25) is 5.91 Å². The van der Waals surface area contributed by atoms with Crippen molar-refractivity contribution in [3.8, 4) is 0 Å². The Balaban J connectivity index is 1.89. The van der Waals surface area contributed by atoms with E-state index in [4.69, 9.17) is 0 Å². The minimum atomic E-state index is -4.04. The zero-order chi connectivity index (χ0) is 17.5. The summed E-state index contributed by atoms with van der Waals surface area (Å²) in [7, 11) is -4.04. The highest BCUT2D eigenvalue weighted by atomic mass is 32.2. The number of amides is 2. The third-order valence-electron chi connectivity index (χ3n) is 3.73. The third kappa shape index (κ3) is 2.54. The van der Waals surface area contributed by atoms with E-state index >= 15 is 0 Å². The second kappa shape index (κ2) is 5.72. The van der Waals surface area contributed by atoms with E-state index in [0.29, 0.717) is 15.8 Å². The maximum atomic E-state index is 12.6. The van der Waals surface area contributed by atoms with E-state index in [2.05, 4.69) is 10.3 Å². The first-order valence-electron chi connectivity index (χ1n) is 7.24. The average molecular weight is 345 g/mol. The summed E-state index contributed by atoms with van der Waals surface area (Å²) in [6.45, 7) is 3.14. The molecule has 1 aromatic carbocycles. The number of sulfonamides is 1. The highest BCUT2D eigenvalue weighted by Crippen LogP contribution is 2.31. The molecule has 2 heterocycles. The summed E-state index contributed by atoms with van der Waals surface area (Å²) in [5.41, 5.74) is 0.781. The summed E-state index contributed by atoms with van der Waals surface area (Å²) in [5.74, 6) is -1.03. The summed E-state index contributed by atoms with van der Waals surface area (Å²) in [6.07, 6.45) is 0. The number of fused-ring (bicyclic) bond motifs is 1. The number of carbonyl (C=O) groups is 2. The Hall–Kier alpha value is -2.74. The molecule has 2 amide bonds. The molecule has 124 valence electrons. The third-order valence-corrected chi connectivity index (χ3v) is 5.64. The van der Waals surface area contributed by atoms with Crippen molar-refractivity contribution in [2.45, 2.75) is 24.8 Å². The molecule has 1 aromatic heterocycles. The average Bonchev–Trinajstić information content (AvgIpc) is 2.74. The Labute approximate surface area is 139 Å². The van der Waals surface area contributed by atoms with E-state index in [1.165, 1.54) is 25.1 Å². The van der Waals surface area contributed by atoms with Crippen molar-refractivity contribution < 1.29 is 18.0 Å². The molecule has 1 aliphatic rings. The monoisotopic (exact) mass is 345 g/mol. The molecule has 0 saturated carbocycles. The van der Waals surface area contributed by atoms with Crippen molar-refractivity contribution in [1.29, 1.82) is 0 Å². The number of hydrogen-bond acceptors (Lipinski definition) is 5. The zero-order valence-electron chi connectivity index (χ0n) is 13.1.